The molecule has 26 heteroatoms. The summed E-state index contributed by atoms with van der Waals surface area (Å²) in [6.45, 7) is 2.73. The first-order chi connectivity index (χ1) is 32.7. The van der Waals surface area contributed by atoms with Crippen molar-refractivity contribution in [2.24, 2.45) is 11.5 Å². The number of phosphoric acid groups is 2. The quantitative estimate of drug-likeness (QED) is 0.0874. The Balaban J connectivity index is 0.000000187. The Morgan fingerprint density at radius 3 is 1.59 bits per heavy atom. The highest BCUT2D eigenvalue weighted by molar-refractivity contribution is 7.48. The van der Waals surface area contributed by atoms with Crippen LogP contribution in [0.5, 0.6) is 0 Å². The molecule has 5 saturated heterocycles. The predicted octanol–water partition coefficient (Wildman–Crippen LogP) is 4.34. The van der Waals surface area contributed by atoms with Crippen molar-refractivity contribution >= 4 is 27.5 Å². The molecule has 2 aromatic heterocycles. The van der Waals surface area contributed by atoms with Crippen molar-refractivity contribution in [2.45, 2.75) is 93.8 Å². The molecule has 6 unspecified atom stereocenters. The van der Waals surface area contributed by atoms with Gasteiger partial charge in [-0.25, -0.2) is 26.7 Å². The molecule has 0 spiro atoms. The van der Waals surface area contributed by atoms with Crippen LogP contribution in [0.4, 0.5) is 17.6 Å². The molecule has 5 aliphatic rings. The summed E-state index contributed by atoms with van der Waals surface area (Å²) >= 11 is 0. The second-order valence-electron chi connectivity index (χ2n) is 16.8. The monoisotopic (exact) mass is 1010 g/mol. The number of primary amides is 2. The Morgan fingerprint density at radius 1 is 0.681 bits per heavy atom. The zero-order valence-electron chi connectivity index (χ0n) is 36.7. The highest BCUT2D eigenvalue weighted by Gasteiger charge is 2.60. The van der Waals surface area contributed by atoms with Gasteiger partial charge in [0.2, 0.25) is 0 Å². The SMILES string of the molecule is CC1(C)O[C@@H]2[C@H](O1)C(COP1(=O)OCCC(c3cc(F)cc(F)c3)O1)O[C@H]2[n+]1cccc(C(N)=O)c1.NC(=O)c1ccc[n+]([C@@H]2OC(COP3(=O)OCCC(c4cc(F)cc(F)c4)O3)[C@@H](O)[C@H]2O)c1. The molecule has 7 heterocycles. The van der Waals surface area contributed by atoms with E-state index in [1.54, 1.807) is 42.9 Å². The molecule has 372 valence electrons. The lowest BCUT2D eigenvalue weighted by Gasteiger charge is -2.30. The first kappa shape index (κ1) is 50.8. The van der Waals surface area contributed by atoms with E-state index in [-0.39, 0.29) is 54.9 Å². The number of aliphatic hydroxyl groups is 2. The number of fused-ring (bicyclic) bond motifs is 1. The highest BCUT2D eigenvalue weighted by atomic mass is 31.2. The molecular weight excluding hydrogens is 966 g/mol. The van der Waals surface area contributed by atoms with E-state index in [9.17, 15) is 46.5 Å². The van der Waals surface area contributed by atoms with Crippen molar-refractivity contribution in [1.82, 2.24) is 0 Å². The molecule has 2 amide bonds. The number of benzene rings is 2. The van der Waals surface area contributed by atoms with Gasteiger partial charge in [-0.3, -0.25) is 36.7 Å². The molecule has 5 aliphatic heterocycles. The number of amides is 2. The lowest BCUT2D eigenvalue weighted by atomic mass is 10.1. The zero-order chi connectivity index (χ0) is 49.4. The Hall–Kier alpha value is -4.62. The minimum absolute atomic E-state index is 0.00266. The maximum absolute atomic E-state index is 13.7. The molecule has 4 aromatic rings. The van der Waals surface area contributed by atoms with Gasteiger partial charge in [0.15, 0.2) is 42.8 Å². The molecule has 0 radical (unpaired) electrons. The van der Waals surface area contributed by atoms with Crippen LogP contribution in [0, 0.1) is 23.3 Å². The summed E-state index contributed by atoms with van der Waals surface area (Å²) in [5.74, 6) is -5.37. The lowest BCUT2D eigenvalue weighted by molar-refractivity contribution is -0.766. The number of halogens is 4. The van der Waals surface area contributed by atoms with Gasteiger partial charge in [-0.2, -0.15) is 9.13 Å². The molecule has 2 aromatic carbocycles. The van der Waals surface area contributed by atoms with Crippen LogP contribution in [0.1, 0.15) is 83.2 Å². The number of carbonyl (C=O) groups excluding carboxylic acids is 2. The predicted molar refractivity (Wildman–Crippen MR) is 223 cm³/mol. The number of phosphoric ester groups is 2. The summed E-state index contributed by atoms with van der Waals surface area (Å²) in [6.07, 6.45) is -2.92. The minimum atomic E-state index is -4.16. The molecule has 0 aliphatic carbocycles. The summed E-state index contributed by atoms with van der Waals surface area (Å²) in [5, 5.41) is 20.7. The van der Waals surface area contributed by atoms with Gasteiger partial charge in [0.25, 0.3) is 24.3 Å². The third kappa shape index (κ3) is 11.9. The van der Waals surface area contributed by atoms with E-state index >= 15 is 0 Å². The third-order valence-electron chi connectivity index (χ3n) is 11.3. The van der Waals surface area contributed by atoms with Crippen LogP contribution in [-0.4, -0.2) is 90.9 Å². The van der Waals surface area contributed by atoms with Crippen LogP contribution in [0.25, 0.3) is 0 Å². The summed E-state index contributed by atoms with van der Waals surface area (Å²) in [4.78, 5) is 23.0. The Labute approximate surface area is 391 Å². The molecular formula is C43H48F4N4O16P2+2. The van der Waals surface area contributed by atoms with Crippen LogP contribution in [-0.2, 0) is 55.2 Å². The molecule has 12 atom stereocenters. The van der Waals surface area contributed by atoms with E-state index in [0.717, 1.165) is 30.3 Å². The van der Waals surface area contributed by atoms with Gasteiger partial charge in [-0.15, -0.1) is 0 Å². The molecule has 69 heavy (non-hydrogen) atoms. The van der Waals surface area contributed by atoms with Crippen molar-refractivity contribution < 1.29 is 102 Å². The van der Waals surface area contributed by atoms with Gasteiger partial charge in [0.05, 0.1) is 38.6 Å². The zero-order valence-corrected chi connectivity index (χ0v) is 38.5. The first-order valence-electron chi connectivity index (χ1n) is 21.4. The number of nitrogens with two attached hydrogens (primary N) is 2. The van der Waals surface area contributed by atoms with Gasteiger partial charge in [-0.05, 0) is 61.4 Å². The van der Waals surface area contributed by atoms with E-state index in [2.05, 4.69) is 0 Å². The van der Waals surface area contributed by atoms with E-state index < -0.39 is 124 Å². The molecule has 5 fully saturated rings. The number of aromatic nitrogens is 2. The van der Waals surface area contributed by atoms with Crippen LogP contribution < -0.4 is 20.6 Å². The maximum atomic E-state index is 13.7. The third-order valence-corrected chi connectivity index (χ3v) is 14.3. The number of rotatable bonds is 12. The standard InChI is InChI=1S/C23H25F2N2O8P.C20H21F2N2O8P/c1-23(2)33-19-18(32-22(20(19)34-23)27-6-3-4-13(11-27)21(26)28)12-31-36(29)30-7-5-17(35-36)14-8-15(24)10-16(25)9-14;21-13-6-12(7-14(22)8-13)15-3-5-29-33(28,32-15)30-10-16-17(25)18(26)20(31-16)24-4-1-2-11(9-24)19(23)27/h3-4,6,8-11,17-20,22H,5,7,12H2,1-2H3,(H-,26,28);1-2,4,6-9,15-18,20,25-26H,3,5,10H2,(H-,23,27)/p+2/t17?,18?,19-,20-,22-,36?;15?,16?,17-,18-,20-,33?/m11/s1. The summed E-state index contributed by atoms with van der Waals surface area (Å²) < 4.78 is 139. The largest absolute Gasteiger partial charge is 0.475 e. The maximum Gasteiger partial charge on any atom is 0.475 e. The van der Waals surface area contributed by atoms with E-state index in [1.165, 1.54) is 29.1 Å². The van der Waals surface area contributed by atoms with E-state index in [1.807, 2.05) is 0 Å². The second-order valence-corrected chi connectivity index (χ2v) is 20.1. The number of ether oxygens (including phenoxy) is 4. The average Bonchev–Trinajstić information content (AvgIpc) is 3.90. The Kier molecular flexibility index (Phi) is 15.2. The number of nitrogens with zero attached hydrogens (tertiary/aromatic N) is 2. The molecule has 9 rings (SSSR count). The van der Waals surface area contributed by atoms with Gasteiger partial charge < -0.3 is 40.6 Å². The fourth-order valence-electron chi connectivity index (χ4n) is 8.20. The van der Waals surface area contributed by atoms with Gasteiger partial charge in [0, 0.05) is 37.1 Å². The molecule has 6 N–H and O–H groups in total. The smallest absolute Gasteiger partial charge is 0.387 e. The van der Waals surface area contributed by atoms with Crippen LogP contribution >= 0.6 is 15.6 Å². The summed E-state index contributed by atoms with van der Waals surface area (Å²) in [6, 6.07) is 12.0. The highest BCUT2D eigenvalue weighted by Crippen LogP contribution is 2.58. The second kappa shape index (κ2) is 20.6. The Morgan fingerprint density at radius 2 is 1.12 bits per heavy atom. The van der Waals surface area contributed by atoms with Gasteiger partial charge in [0.1, 0.15) is 58.8 Å². The van der Waals surface area contributed by atoms with Gasteiger partial charge >= 0.3 is 15.6 Å². The minimum Gasteiger partial charge on any atom is -0.387 e. The molecule has 0 saturated carbocycles. The van der Waals surface area contributed by atoms with E-state index in [4.69, 9.17) is 57.6 Å². The molecule has 0 bridgehead atoms. The number of aliphatic hydroxyl groups excluding tert-OH is 2. The average molecular weight is 1010 g/mol. The number of hydrogen-bond donors (Lipinski definition) is 4. The van der Waals surface area contributed by atoms with Crippen molar-refractivity contribution in [1.29, 1.82) is 0 Å². The van der Waals surface area contributed by atoms with Gasteiger partial charge in [-0.1, -0.05) is 0 Å². The molecule has 20 nitrogen and oxygen atoms in total. The summed E-state index contributed by atoms with van der Waals surface area (Å²) in [7, 11) is -8.25. The van der Waals surface area contributed by atoms with Crippen molar-refractivity contribution in [3.8, 4) is 0 Å². The first-order valence-corrected chi connectivity index (χ1v) is 24.3. The van der Waals surface area contributed by atoms with Crippen molar-refractivity contribution in [3.63, 3.8) is 0 Å². The topological polar surface area (TPSA) is 261 Å². The lowest BCUT2D eigenvalue weighted by Crippen LogP contribution is -2.46. The Bertz CT molecular complexity index is 2620. The number of hydrogen-bond acceptors (Lipinski definition) is 16. The number of pyridine rings is 2. The van der Waals surface area contributed by atoms with E-state index in [0.29, 0.717) is 6.07 Å². The van der Waals surface area contributed by atoms with Crippen molar-refractivity contribution in [3.05, 3.63) is 131 Å². The summed E-state index contributed by atoms with van der Waals surface area (Å²) in [5.41, 5.74) is 11.4. The normalized spacial score (nSPS) is 32.8. The fraction of sp³-hybridized carbons (Fsp3) is 0.442. The van der Waals surface area contributed by atoms with Crippen LogP contribution in [0.15, 0.2) is 85.5 Å². The fourth-order valence-corrected chi connectivity index (χ4v) is 11.0. The van der Waals surface area contributed by atoms with Crippen LogP contribution in [0.2, 0.25) is 0 Å². The van der Waals surface area contributed by atoms with Crippen molar-refractivity contribution in [2.75, 3.05) is 26.4 Å². The number of carbonyl (C=O) groups is 2. The van der Waals surface area contributed by atoms with Crippen LogP contribution in [0.3, 0.4) is 0 Å².